The highest BCUT2D eigenvalue weighted by atomic mass is 16.5. The molecule has 1 aromatic heterocycles. The van der Waals surface area contributed by atoms with E-state index in [2.05, 4.69) is 27.5 Å². The number of nitrogens with zero attached hydrogens (tertiary/aromatic N) is 1. The molecule has 3 N–H and O–H groups in total. The maximum absolute atomic E-state index is 12.0. The van der Waals surface area contributed by atoms with E-state index in [1.54, 1.807) is 12.4 Å². The fourth-order valence-electron chi connectivity index (χ4n) is 1.89. The van der Waals surface area contributed by atoms with Gasteiger partial charge in [-0.1, -0.05) is 6.92 Å². The van der Waals surface area contributed by atoms with Gasteiger partial charge in [0.1, 0.15) is 0 Å². The highest BCUT2D eigenvalue weighted by molar-refractivity contribution is 5.91. The summed E-state index contributed by atoms with van der Waals surface area (Å²) in [6, 6.07) is 0.102. The first-order valence-electron chi connectivity index (χ1n) is 5.92. The molecule has 17 heavy (non-hydrogen) atoms. The summed E-state index contributed by atoms with van der Waals surface area (Å²) in [7, 11) is 0. The number of H-pyrrole nitrogens is 1. The zero-order valence-corrected chi connectivity index (χ0v) is 9.90. The van der Waals surface area contributed by atoms with Gasteiger partial charge in [-0.05, 0) is 13.0 Å². The number of ether oxygens (including phenoxy) is 1. The van der Waals surface area contributed by atoms with Crippen LogP contribution in [0.5, 0.6) is 0 Å². The minimum Gasteiger partial charge on any atom is -0.379 e. The number of carbonyl (C=O) groups excluding carboxylic acids is 1. The highest BCUT2D eigenvalue weighted by Gasteiger charge is 2.33. The zero-order valence-electron chi connectivity index (χ0n) is 9.90. The second-order valence-electron chi connectivity index (χ2n) is 4.13. The van der Waals surface area contributed by atoms with Crippen LogP contribution in [-0.4, -0.2) is 41.7 Å². The van der Waals surface area contributed by atoms with Crippen LogP contribution in [0.4, 0.5) is 5.95 Å². The summed E-state index contributed by atoms with van der Waals surface area (Å²) >= 11 is 0. The predicted molar refractivity (Wildman–Crippen MR) is 63.6 cm³/mol. The average molecular weight is 238 g/mol. The van der Waals surface area contributed by atoms with Crippen LogP contribution in [0.3, 0.4) is 0 Å². The minimum atomic E-state index is -0.147. The monoisotopic (exact) mass is 238 g/mol. The lowest BCUT2D eigenvalue weighted by molar-refractivity contribution is -0.120. The van der Waals surface area contributed by atoms with E-state index >= 15 is 0 Å². The Morgan fingerprint density at radius 2 is 2.53 bits per heavy atom. The van der Waals surface area contributed by atoms with Crippen LogP contribution in [-0.2, 0) is 9.53 Å². The normalized spacial score (nSPS) is 23.8. The molecular formula is C11H18N4O2. The fraction of sp³-hybridized carbons (Fsp3) is 0.636. The van der Waals surface area contributed by atoms with Crippen molar-refractivity contribution in [1.82, 2.24) is 15.3 Å². The Bertz CT molecular complexity index is 352. The van der Waals surface area contributed by atoms with Gasteiger partial charge in [0.05, 0.1) is 19.1 Å². The number of nitrogens with one attached hydrogen (secondary N) is 3. The van der Waals surface area contributed by atoms with Gasteiger partial charge in [0.2, 0.25) is 11.9 Å². The number of hydrogen-bond acceptors (Lipinski definition) is 4. The van der Waals surface area contributed by atoms with Crippen molar-refractivity contribution >= 4 is 11.9 Å². The van der Waals surface area contributed by atoms with Crippen LogP contribution in [0.1, 0.15) is 13.3 Å². The number of rotatable bonds is 5. The van der Waals surface area contributed by atoms with Crippen LogP contribution < -0.4 is 10.6 Å². The average Bonchev–Trinajstić information content (AvgIpc) is 2.96. The maximum Gasteiger partial charge on any atom is 0.233 e. The van der Waals surface area contributed by atoms with Gasteiger partial charge in [-0.3, -0.25) is 10.1 Å². The SMILES string of the molecule is CCCNC1COCC1C(=O)Nc1ncc[nH]1. The quantitative estimate of drug-likeness (QED) is 0.692. The van der Waals surface area contributed by atoms with Gasteiger partial charge in [-0.2, -0.15) is 0 Å². The van der Waals surface area contributed by atoms with Gasteiger partial charge in [-0.15, -0.1) is 0 Å². The van der Waals surface area contributed by atoms with Gasteiger partial charge in [0.15, 0.2) is 0 Å². The van der Waals surface area contributed by atoms with Crippen LogP contribution in [0.25, 0.3) is 0 Å². The molecule has 1 fully saturated rings. The Morgan fingerprint density at radius 3 is 3.24 bits per heavy atom. The molecule has 0 aliphatic carbocycles. The Morgan fingerprint density at radius 1 is 1.65 bits per heavy atom. The molecule has 1 amide bonds. The number of imidazole rings is 1. The molecule has 2 atom stereocenters. The van der Waals surface area contributed by atoms with E-state index in [-0.39, 0.29) is 17.9 Å². The Hall–Kier alpha value is -1.40. The molecule has 1 saturated heterocycles. The van der Waals surface area contributed by atoms with Gasteiger partial charge >= 0.3 is 0 Å². The first kappa shape index (κ1) is 12.1. The van der Waals surface area contributed by atoms with Gasteiger partial charge in [0.25, 0.3) is 0 Å². The molecule has 0 bridgehead atoms. The van der Waals surface area contributed by atoms with Crippen molar-refractivity contribution < 1.29 is 9.53 Å². The molecule has 6 heteroatoms. The second kappa shape index (κ2) is 5.79. The molecule has 0 spiro atoms. The largest absolute Gasteiger partial charge is 0.379 e. The molecule has 0 radical (unpaired) electrons. The summed E-state index contributed by atoms with van der Waals surface area (Å²) in [6.45, 7) is 4.06. The molecule has 2 heterocycles. The third kappa shape index (κ3) is 3.04. The van der Waals surface area contributed by atoms with E-state index in [0.717, 1.165) is 13.0 Å². The lowest BCUT2D eigenvalue weighted by atomic mass is 10.0. The summed E-state index contributed by atoms with van der Waals surface area (Å²) in [6.07, 6.45) is 4.32. The van der Waals surface area contributed by atoms with Crippen molar-refractivity contribution in [2.24, 2.45) is 5.92 Å². The predicted octanol–water partition coefficient (Wildman–Crippen LogP) is 0.363. The summed E-state index contributed by atoms with van der Waals surface area (Å²) in [5.74, 6) is 0.286. The topological polar surface area (TPSA) is 79.0 Å². The van der Waals surface area contributed by atoms with Crippen LogP contribution in [0, 0.1) is 5.92 Å². The molecule has 94 valence electrons. The van der Waals surface area contributed by atoms with E-state index < -0.39 is 0 Å². The molecule has 0 aromatic carbocycles. The van der Waals surface area contributed by atoms with Crippen molar-refractivity contribution in [3.63, 3.8) is 0 Å². The van der Waals surface area contributed by atoms with Crippen molar-refractivity contribution in [2.75, 3.05) is 25.1 Å². The molecule has 1 aliphatic heterocycles. The Labute approximate surface area is 100 Å². The smallest absolute Gasteiger partial charge is 0.233 e. The number of aromatic amines is 1. The van der Waals surface area contributed by atoms with E-state index in [4.69, 9.17) is 4.74 Å². The van der Waals surface area contributed by atoms with Crippen molar-refractivity contribution in [1.29, 1.82) is 0 Å². The van der Waals surface area contributed by atoms with Crippen molar-refractivity contribution in [3.05, 3.63) is 12.4 Å². The van der Waals surface area contributed by atoms with Gasteiger partial charge in [0, 0.05) is 18.4 Å². The maximum atomic E-state index is 12.0. The van der Waals surface area contributed by atoms with E-state index in [9.17, 15) is 4.79 Å². The van der Waals surface area contributed by atoms with E-state index in [1.807, 2.05) is 0 Å². The first-order chi connectivity index (χ1) is 8.31. The third-order valence-electron chi connectivity index (χ3n) is 2.81. The first-order valence-corrected chi connectivity index (χ1v) is 5.92. The van der Waals surface area contributed by atoms with E-state index in [0.29, 0.717) is 19.2 Å². The van der Waals surface area contributed by atoms with Gasteiger partial charge in [-0.25, -0.2) is 4.98 Å². The number of hydrogen-bond donors (Lipinski definition) is 3. The Kier molecular flexibility index (Phi) is 4.11. The summed E-state index contributed by atoms with van der Waals surface area (Å²) in [5, 5.41) is 6.07. The number of amides is 1. The van der Waals surface area contributed by atoms with Gasteiger partial charge < -0.3 is 15.0 Å². The lowest BCUT2D eigenvalue weighted by Crippen LogP contribution is -2.41. The highest BCUT2D eigenvalue weighted by Crippen LogP contribution is 2.15. The standard InChI is InChI=1S/C11H18N4O2/c1-2-3-12-9-7-17-6-8(9)10(16)15-11-13-4-5-14-11/h4-5,8-9,12H,2-3,6-7H2,1H3,(H2,13,14,15,16). The molecule has 0 saturated carbocycles. The van der Waals surface area contributed by atoms with Crippen molar-refractivity contribution in [2.45, 2.75) is 19.4 Å². The summed E-state index contributed by atoms with van der Waals surface area (Å²) in [4.78, 5) is 18.8. The number of anilines is 1. The molecule has 1 aromatic rings. The zero-order chi connectivity index (χ0) is 12.1. The summed E-state index contributed by atoms with van der Waals surface area (Å²) in [5.41, 5.74) is 0. The minimum absolute atomic E-state index is 0.0500. The number of aromatic nitrogens is 2. The summed E-state index contributed by atoms with van der Waals surface area (Å²) < 4.78 is 5.35. The second-order valence-corrected chi connectivity index (χ2v) is 4.13. The molecule has 6 nitrogen and oxygen atoms in total. The molecule has 2 unspecified atom stereocenters. The molecule has 2 rings (SSSR count). The van der Waals surface area contributed by atoms with Crippen LogP contribution in [0.15, 0.2) is 12.4 Å². The van der Waals surface area contributed by atoms with Crippen molar-refractivity contribution in [3.8, 4) is 0 Å². The molecule has 1 aliphatic rings. The van der Waals surface area contributed by atoms with Crippen LogP contribution in [0.2, 0.25) is 0 Å². The molecular weight excluding hydrogens is 220 g/mol. The fourth-order valence-corrected chi connectivity index (χ4v) is 1.89. The third-order valence-corrected chi connectivity index (χ3v) is 2.81. The van der Waals surface area contributed by atoms with Crippen LogP contribution >= 0.6 is 0 Å². The number of carbonyl (C=O) groups is 1. The lowest BCUT2D eigenvalue weighted by Gasteiger charge is -2.17. The van der Waals surface area contributed by atoms with E-state index in [1.165, 1.54) is 0 Å². The Balaban J connectivity index is 1.89.